The number of carbonyl (C=O) groups is 1. The van der Waals surface area contributed by atoms with Gasteiger partial charge < -0.3 is 14.7 Å². The number of ether oxygens (including phenoxy) is 1. The molecule has 1 heterocycles. The first-order valence-corrected chi connectivity index (χ1v) is 13.4. The van der Waals surface area contributed by atoms with Crippen LogP contribution in [0.15, 0.2) is 84.9 Å². The zero-order chi connectivity index (χ0) is 27.5. The fourth-order valence-corrected chi connectivity index (χ4v) is 5.77. The smallest absolute Gasteiger partial charge is 0.305 e. The Hall–Kier alpha value is -3.54. The zero-order valence-electron chi connectivity index (χ0n) is 22.4. The molecule has 0 aromatic heterocycles. The van der Waals surface area contributed by atoms with Crippen molar-refractivity contribution in [2.75, 3.05) is 18.6 Å². The summed E-state index contributed by atoms with van der Waals surface area (Å²) in [5.41, 5.74) is 6.91. The number of hydrogen-bond acceptors (Lipinski definition) is 3. The van der Waals surface area contributed by atoms with E-state index in [-0.39, 0.29) is 36.6 Å². The van der Waals surface area contributed by atoms with Crippen LogP contribution in [0.5, 0.6) is 5.75 Å². The van der Waals surface area contributed by atoms with Crippen LogP contribution in [0.2, 0.25) is 5.02 Å². The Morgan fingerprint density at radius 3 is 2.50 bits per heavy atom. The molecule has 0 aliphatic carbocycles. The van der Waals surface area contributed by atoms with Crippen molar-refractivity contribution in [3.8, 4) is 16.9 Å². The third-order valence-electron chi connectivity index (χ3n) is 7.63. The van der Waals surface area contributed by atoms with Gasteiger partial charge in [-0.1, -0.05) is 54.1 Å². The average molecular weight is 581 g/mol. The summed E-state index contributed by atoms with van der Waals surface area (Å²) in [6, 6.07) is 26.9. The van der Waals surface area contributed by atoms with E-state index in [0.29, 0.717) is 16.3 Å². The van der Waals surface area contributed by atoms with Gasteiger partial charge in [-0.05, 0) is 90.0 Å². The summed E-state index contributed by atoms with van der Waals surface area (Å²) < 4.78 is 19.7. The van der Waals surface area contributed by atoms with Crippen molar-refractivity contribution in [2.24, 2.45) is 0 Å². The van der Waals surface area contributed by atoms with Crippen LogP contribution in [0.1, 0.15) is 41.0 Å². The van der Waals surface area contributed by atoms with Gasteiger partial charge >= 0.3 is 5.97 Å². The van der Waals surface area contributed by atoms with Gasteiger partial charge in [-0.3, -0.25) is 4.79 Å². The van der Waals surface area contributed by atoms with Crippen molar-refractivity contribution in [1.29, 1.82) is 0 Å². The molecule has 1 saturated heterocycles. The number of hydrogen-bond donors (Lipinski definition) is 1. The highest BCUT2D eigenvalue weighted by atomic mass is 35.5. The maximum absolute atomic E-state index is 14.5. The number of nitrogens with zero attached hydrogens (tertiary/aromatic N) is 1. The van der Waals surface area contributed by atoms with Crippen LogP contribution in [0, 0.1) is 12.7 Å². The lowest BCUT2D eigenvalue weighted by molar-refractivity contribution is -0.137. The van der Waals surface area contributed by atoms with E-state index in [1.54, 1.807) is 19.2 Å². The lowest BCUT2D eigenvalue weighted by atomic mass is 9.95. The molecule has 4 aromatic rings. The third kappa shape index (κ3) is 6.60. The molecule has 0 radical (unpaired) electrons. The summed E-state index contributed by atoms with van der Waals surface area (Å²) in [7, 11) is 1.57. The van der Waals surface area contributed by atoms with Gasteiger partial charge in [0, 0.05) is 34.8 Å². The molecular weight excluding hydrogens is 548 g/mol. The Labute approximate surface area is 245 Å². The molecule has 1 fully saturated rings. The summed E-state index contributed by atoms with van der Waals surface area (Å²) >= 11 is 6.22. The summed E-state index contributed by atoms with van der Waals surface area (Å²) in [5, 5.41) is 10.2. The molecule has 1 N–H and O–H groups in total. The molecule has 0 spiro atoms. The molecule has 0 saturated carbocycles. The monoisotopic (exact) mass is 579 g/mol. The quantitative estimate of drug-likeness (QED) is 0.228. The number of carboxylic acids is 1. The number of aryl methyl sites for hydroxylation is 1. The van der Waals surface area contributed by atoms with Gasteiger partial charge in [0.15, 0.2) is 0 Å². The Balaban J connectivity index is 0.00000370. The van der Waals surface area contributed by atoms with Crippen molar-refractivity contribution < 1.29 is 19.0 Å². The number of methoxy groups -OCH3 is 1. The van der Waals surface area contributed by atoms with Gasteiger partial charge in [-0.25, -0.2) is 4.39 Å². The number of carboxylic acid groups (broad SMARTS) is 1. The number of halogens is 3. The highest BCUT2D eigenvalue weighted by molar-refractivity contribution is 6.30. The third-order valence-corrected chi connectivity index (χ3v) is 7.87. The topological polar surface area (TPSA) is 49.8 Å². The molecule has 4 aromatic carbocycles. The fourth-order valence-electron chi connectivity index (χ4n) is 5.57. The summed E-state index contributed by atoms with van der Waals surface area (Å²) in [4.78, 5) is 13.8. The summed E-state index contributed by atoms with van der Waals surface area (Å²) in [6.45, 7) is 2.79. The van der Waals surface area contributed by atoms with Gasteiger partial charge in [0.25, 0.3) is 0 Å². The van der Waals surface area contributed by atoms with Gasteiger partial charge in [-0.2, -0.15) is 0 Å². The van der Waals surface area contributed by atoms with Crippen molar-refractivity contribution in [2.45, 2.75) is 38.1 Å². The molecule has 5 rings (SSSR count). The van der Waals surface area contributed by atoms with Crippen LogP contribution in [0.3, 0.4) is 0 Å². The minimum absolute atomic E-state index is 0. The first kappa shape index (κ1) is 29.4. The molecule has 1 aliphatic rings. The largest absolute Gasteiger partial charge is 0.497 e. The van der Waals surface area contributed by atoms with Crippen molar-refractivity contribution in [3.63, 3.8) is 0 Å². The van der Waals surface area contributed by atoms with Crippen LogP contribution in [-0.2, 0) is 11.2 Å². The van der Waals surface area contributed by atoms with E-state index in [1.165, 1.54) is 11.6 Å². The molecular formula is C33H32Cl2FNO3. The molecule has 0 unspecified atom stereocenters. The molecule has 40 heavy (non-hydrogen) atoms. The zero-order valence-corrected chi connectivity index (χ0v) is 24.0. The van der Waals surface area contributed by atoms with E-state index >= 15 is 0 Å². The Bertz CT molecular complexity index is 1490. The van der Waals surface area contributed by atoms with E-state index in [0.717, 1.165) is 47.3 Å². The maximum Gasteiger partial charge on any atom is 0.305 e. The van der Waals surface area contributed by atoms with E-state index < -0.39 is 5.97 Å². The molecule has 7 heteroatoms. The first-order chi connectivity index (χ1) is 18.8. The van der Waals surface area contributed by atoms with E-state index in [4.69, 9.17) is 16.3 Å². The molecule has 0 amide bonds. The molecule has 2 atom stereocenters. The predicted octanol–water partition coefficient (Wildman–Crippen LogP) is 8.31. The highest BCUT2D eigenvalue weighted by Gasteiger charge is 2.34. The van der Waals surface area contributed by atoms with E-state index in [2.05, 4.69) is 41.3 Å². The number of aliphatic carboxylic acids is 1. The van der Waals surface area contributed by atoms with Gasteiger partial charge in [0.1, 0.15) is 11.6 Å². The second-order valence-electron chi connectivity index (χ2n) is 10.2. The second-order valence-corrected chi connectivity index (χ2v) is 10.7. The number of benzene rings is 4. The van der Waals surface area contributed by atoms with E-state index in [9.17, 15) is 14.3 Å². The van der Waals surface area contributed by atoms with Gasteiger partial charge in [0.2, 0.25) is 0 Å². The standard InChI is InChI=1S/C33H31ClFNO3.ClH/c1-21-14-25(31-19-30(39-2)12-13-32(31)35)9-8-23(21)15-22-6-10-28(11-7-22)36-20-26(17-29(36)18-33(37)38)24-4-3-5-27(34)16-24;/h3-14,16,19,26,29H,15,17-18,20H2,1-2H3,(H,37,38);1H/t26-,29-;/m1./s1. The maximum atomic E-state index is 14.5. The normalized spacial score (nSPS) is 16.4. The lowest BCUT2D eigenvalue weighted by Crippen LogP contribution is -2.31. The van der Waals surface area contributed by atoms with Crippen molar-refractivity contribution >= 4 is 35.7 Å². The van der Waals surface area contributed by atoms with Crippen molar-refractivity contribution in [3.05, 3.63) is 118 Å². The van der Waals surface area contributed by atoms with Crippen LogP contribution in [0.25, 0.3) is 11.1 Å². The lowest BCUT2D eigenvalue weighted by Gasteiger charge is -2.26. The number of anilines is 1. The average Bonchev–Trinajstić information content (AvgIpc) is 3.33. The Morgan fingerprint density at radius 2 is 1.82 bits per heavy atom. The van der Waals surface area contributed by atoms with Crippen LogP contribution < -0.4 is 9.64 Å². The van der Waals surface area contributed by atoms with Crippen molar-refractivity contribution in [1.82, 2.24) is 0 Å². The minimum Gasteiger partial charge on any atom is -0.497 e. The van der Waals surface area contributed by atoms with E-state index in [1.807, 2.05) is 37.3 Å². The summed E-state index contributed by atoms with van der Waals surface area (Å²) in [5.74, 6) is -0.223. The molecule has 1 aliphatic heterocycles. The fraction of sp³-hybridized carbons (Fsp3) is 0.242. The minimum atomic E-state index is -0.791. The second kappa shape index (κ2) is 12.8. The Kier molecular flexibility index (Phi) is 9.39. The SMILES string of the molecule is COc1ccc(F)c(-c2ccc(Cc3ccc(N4C[C@H](c5cccc(Cl)c5)C[C@@H]4CC(=O)O)cc3)c(C)c2)c1.Cl. The van der Waals surface area contributed by atoms with Crippen LogP contribution in [-0.4, -0.2) is 30.8 Å². The van der Waals surface area contributed by atoms with Crippen LogP contribution in [0.4, 0.5) is 10.1 Å². The molecule has 4 nitrogen and oxygen atoms in total. The predicted molar refractivity (Wildman–Crippen MR) is 162 cm³/mol. The number of rotatable bonds is 8. The first-order valence-electron chi connectivity index (χ1n) is 13.1. The van der Waals surface area contributed by atoms with Gasteiger partial charge in [0.05, 0.1) is 13.5 Å². The molecule has 208 valence electrons. The van der Waals surface area contributed by atoms with Crippen LogP contribution >= 0.6 is 24.0 Å². The molecule has 0 bridgehead atoms. The van der Waals surface area contributed by atoms with Gasteiger partial charge in [-0.15, -0.1) is 12.4 Å². The Morgan fingerprint density at radius 1 is 1.05 bits per heavy atom. The summed E-state index contributed by atoms with van der Waals surface area (Å²) in [6.07, 6.45) is 1.61. The highest BCUT2D eigenvalue weighted by Crippen LogP contribution is 2.37.